The number of hydrogen-bond donors (Lipinski definition) is 2. The number of aromatic nitrogens is 2. The molecule has 0 spiro atoms. The highest BCUT2D eigenvalue weighted by Crippen LogP contribution is 2.24. The second-order valence-corrected chi connectivity index (χ2v) is 5.02. The summed E-state index contributed by atoms with van der Waals surface area (Å²) in [6, 6.07) is 7.73. The van der Waals surface area contributed by atoms with E-state index in [0.29, 0.717) is 18.2 Å². The number of hydrazine groups is 1. The monoisotopic (exact) mass is 322 g/mol. The number of ether oxygens (including phenoxy) is 1. The SMILES string of the molecule is COCc1cc(NN)nc(-c2ccc(Br)cc2C)n1. The van der Waals surface area contributed by atoms with Crippen LogP contribution < -0.4 is 11.3 Å². The van der Waals surface area contributed by atoms with Gasteiger partial charge in [-0.15, -0.1) is 0 Å². The average Bonchev–Trinajstić information content (AvgIpc) is 2.38. The van der Waals surface area contributed by atoms with E-state index < -0.39 is 0 Å². The van der Waals surface area contributed by atoms with Gasteiger partial charge in [-0.2, -0.15) is 0 Å². The Bertz CT molecular complexity index is 589. The zero-order valence-electron chi connectivity index (χ0n) is 10.8. The fraction of sp³-hybridized carbons (Fsp3) is 0.231. The third kappa shape index (κ3) is 3.28. The standard InChI is InChI=1S/C13H15BrN4O/c1-8-5-9(14)3-4-11(8)13-16-10(7-19-2)6-12(17-13)18-15/h3-6H,7,15H2,1-2H3,(H,16,17,18). The van der Waals surface area contributed by atoms with Crippen LogP contribution in [0.3, 0.4) is 0 Å². The van der Waals surface area contributed by atoms with Gasteiger partial charge in [-0.3, -0.25) is 0 Å². The maximum Gasteiger partial charge on any atom is 0.162 e. The third-order valence-corrected chi connectivity index (χ3v) is 3.14. The summed E-state index contributed by atoms with van der Waals surface area (Å²) in [6.45, 7) is 2.43. The molecule has 6 heteroatoms. The van der Waals surface area contributed by atoms with E-state index in [1.54, 1.807) is 13.2 Å². The second kappa shape index (κ2) is 6.10. The van der Waals surface area contributed by atoms with Gasteiger partial charge in [-0.1, -0.05) is 15.9 Å². The quantitative estimate of drug-likeness (QED) is 0.668. The maximum absolute atomic E-state index is 5.44. The highest BCUT2D eigenvalue weighted by Gasteiger charge is 2.09. The van der Waals surface area contributed by atoms with Crippen molar-refractivity contribution in [2.75, 3.05) is 12.5 Å². The van der Waals surface area contributed by atoms with Gasteiger partial charge in [0, 0.05) is 23.2 Å². The van der Waals surface area contributed by atoms with Gasteiger partial charge in [0.2, 0.25) is 0 Å². The van der Waals surface area contributed by atoms with E-state index in [4.69, 9.17) is 10.6 Å². The summed E-state index contributed by atoms with van der Waals surface area (Å²) in [6.07, 6.45) is 0. The van der Waals surface area contributed by atoms with Gasteiger partial charge in [0.25, 0.3) is 0 Å². The smallest absolute Gasteiger partial charge is 0.162 e. The van der Waals surface area contributed by atoms with E-state index in [9.17, 15) is 0 Å². The Morgan fingerprint density at radius 3 is 2.74 bits per heavy atom. The molecule has 2 aromatic rings. The number of nitrogens with two attached hydrogens (primary N) is 1. The topological polar surface area (TPSA) is 73.1 Å². The molecular formula is C13H15BrN4O. The number of aryl methyl sites for hydroxylation is 1. The number of halogens is 1. The fourth-order valence-electron chi connectivity index (χ4n) is 1.79. The van der Waals surface area contributed by atoms with Crippen molar-refractivity contribution in [1.82, 2.24) is 9.97 Å². The van der Waals surface area contributed by atoms with Gasteiger partial charge in [-0.25, -0.2) is 15.8 Å². The first-order valence-corrected chi connectivity index (χ1v) is 6.53. The summed E-state index contributed by atoms with van der Waals surface area (Å²) in [4.78, 5) is 8.86. The summed E-state index contributed by atoms with van der Waals surface area (Å²) >= 11 is 3.44. The number of hydrogen-bond acceptors (Lipinski definition) is 5. The molecule has 1 aromatic carbocycles. The van der Waals surface area contributed by atoms with Gasteiger partial charge in [0.15, 0.2) is 5.82 Å². The minimum absolute atomic E-state index is 0.416. The Balaban J connectivity index is 2.51. The van der Waals surface area contributed by atoms with Crippen LogP contribution in [-0.4, -0.2) is 17.1 Å². The van der Waals surface area contributed by atoms with Crippen molar-refractivity contribution in [3.63, 3.8) is 0 Å². The van der Waals surface area contributed by atoms with Gasteiger partial charge in [0.05, 0.1) is 12.3 Å². The Morgan fingerprint density at radius 2 is 2.11 bits per heavy atom. The summed E-state index contributed by atoms with van der Waals surface area (Å²) in [5.41, 5.74) is 5.39. The van der Waals surface area contributed by atoms with E-state index in [0.717, 1.165) is 21.3 Å². The number of anilines is 1. The van der Waals surface area contributed by atoms with Crippen molar-refractivity contribution < 1.29 is 4.74 Å². The fourth-order valence-corrected chi connectivity index (χ4v) is 2.27. The van der Waals surface area contributed by atoms with Gasteiger partial charge < -0.3 is 10.2 Å². The summed E-state index contributed by atoms with van der Waals surface area (Å²) in [5.74, 6) is 6.64. The van der Waals surface area contributed by atoms with Crippen molar-refractivity contribution in [2.24, 2.45) is 5.84 Å². The second-order valence-electron chi connectivity index (χ2n) is 4.10. The lowest BCUT2D eigenvalue weighted by molar-refractivity contribution is 0.181. The maximum atomic E-state index is 5.44. The summed E-state index contributed by atoms with van der Waals surface area (Å²) < 4.78 is 6.13. The summed E-state index contributed by atoms with van der Waals surface area (Å²) in [7, 11) is 1.63. The number of nitrogen functional groups attached to an aromatic ring is 1. The number of nitrogens with one attached hydrogen (secondary N) is 1. The molecule has 100 valence electrons. The van der Waals surface area contributed by atoms with Crippen LogP contribution in [0.5, 0.6) is 0 Å². The zero-order valence-corrected chi connectivity index (χ0v) is 12.4. The van der Waals surface area contributed by atoms with Crippen molar-refractivity contribution in [3.8, 4) is 11.4 Å². The van der Waals surface area contributed by atoms with Crippen LogP contribution in [-0.2, 0) is 11.3 Å². The molecule has 0 saturated heterocycles. The Kier molecular flexibility index (Phi) is 4.47. The molecule has 0 radical (unpaired) electrons. The first-order chi connectivity index (χ1) is 9.13. The minimum Gasteiger partial charge on any atom is -0.378 e. The molecule has 19 heavy (non-hydrogen) atoms. The predicted molar refractivity (Wildman–Crippen MR) is 78.4 cm³/mol. The Labute approximate surface area is 120 Å². The highest BCUT2D eigenvalue weighted by molar-refractivity contribution is 9.10. The molecule has 1 aromatic heterocycles. The lowest BCUT2D eigenvalue weighted by Gasteiger charge is -2.09. The van der Waals surface area contributed by atoms with Crippen LogP contribution in [0.25, 0.3) is 11.4 Å². The molecule has 5 nitrogen and oxygen atoms in total. The molecule has 0 bridgehead atoms. The molecule has 0 amide bonds. The molecule has 3 N–H and O–H groups in total. The van der Waals surface area contributed by atoms with Crippen LogP contribution in [0.2, 0.25) is 0 Å². The van der Waals surface area contributed by atoms with E-state index >= 15 is 0 Å². The molecule has 1 heterocycles. The number of nitrogens with zero attached hydrogens (tertiary/aromatic N) is 2. The van der Waals surface area contributed by atoms with Crippen molar-refractivity contribution >= 4 is 21.7 Å². The number of benzene rings is 1. The minimum atomic E-state index is 0.416. The molecule has 0 atom stereocenters. The Hall–Kier alpha value is -1.50. The van der Waals surface area contributed by atoms with Crippen LogP contribution >= 0.6 is 15.9 Å². The molecule has 0 aliphatic heterocycles. The van der Waals surface area contributed by atoms with Gasteiger partial charge >= 0.3 is 0 Å². The lowest BCUT2D eigenvalue weighted by atomic mass is 10.1. The predicted octanol–water partition coefficient (Wildman–Crippen LogP) is 2.65. The first kappa shape index (κ1) is 13.9. The Morgan fingerprint density at radius 1 is 1.32 bits per heavy atom. The van der Waals surface area contributed by atoms with Crippen LogP contribution in [0.15, 0.2) is 28.7 Å². The average molecular weight is 323 g/mol. The van der Waals surface area contributed by atoms with Crippen molar-refractivity contribution in [3.05, 3.63) is 40.0 Å². The van der Waals surface area contributed by atoms with Crippen molar-refractivity contribution in [2.45, 2.75) is 13.5 Å². The first-order valence-electron chi connectivity index (χ1n) is 5.74. The largest absolute Gasteiger partial charge is 0.378 e. The van der Waals surface area contributed by atoms with E-state index in [1.807, 2.05) is 25.1 Å². The molecule has 0 saturated carbocycles. The third-order valence-electron chi connectivity index (χ3n) is 2.65. The van der Waals surface area contributed by atoms with E-state index in [2.05, 4.69) is 31.3 Å². The van der Waals surface area contributed by atoms with Crippen LogP contribution in [0.4, 0.5) is 5.82 Å². The lowest BCUT2D eigenvalue weighted by Crippen LogP contribution is -2.11. The molecule has 0 unspecified atom stereocenters. The van der Waals surface area contributed by atoms with Crippen molar-refractivity contribution in [1.29, 1.82) is 0 Å². The van der Waals surface area contributed by atoms with Crippen LogP contribution in [0.1, 0.15) is 11.3 Å². The van der Waals surface area contributed by atoms with E-state index in [1.165, 1.54) is 0 Å². The summed E-state index contributed by atoms with van der Waals surface area (Å²) in [5, 5.41) is 0. The number of rotatable bonds is 4. The molecule has 0 aliphatic carbocycles. The molecule has 2 rings (SSSR count). The molecule has 0 aliphatic rings. The normalized spacial score (nSPS) is 10.5. The highest BCUT2D eigenvalue weighted by atomic mass is 79.9. The molecule has 0 fully saturated rings. The van der Waals surface area contributed by atoms with E-state index in [-0.39, 0.29) is 0 Å². The zero-order chi connectivity index (χ0) is 13.8. The molecular weight excluding hydrogens is 308 g/mol. The van der Waals surface area contributed by atoms with Gasteiger partial charge in [0.1, 0.15) is 5.82 Å². The number of methoxy groups -OCH3 is 1. The van der Waals surface area contributed by atoms with Crippen LogP contribution in [0, 0.1) is 6.92 Å². The van der Waals surface area contributed by atoms with Gasteiger partial charge in [-0.05, 0) is 30.7 Å².